The van der Waals surface area contributed by atoms with Crippen molar-refractivity contribution in [3.05, 3.63) is 34.0 Å². The molecular formula is C13H16ClN3O. The van der Waals surface area contributed by atoms with E-state index in [9.17, 15) is 0 Å². The van der Waals surface area contributed by atoms with Gasteiger partial charge in [0.2, 0.25) is 5.88 Å². The van der Waals surface area contributed by atoms with E-state index in [1.54, 1.807) is 11.7 Å². The van der Waals surface area contributed by atoms with Crippen LogP contribution < -0.4 is 10.5 Å². The molecule has 0 spiro atoms. The van der Waals surface area contributed by atoms with E-state index in [1.165, 1.54) is 0 Å². The first-order valence-corrected chi connectivity index (χ1v) is 6.01. The number of aryl methyl sites for hydroxylation is 4. The van der Waals surface area contributed by atoms with Gasteiger partial charge in [-0.3, -0.25) is 0 Å². The van der Waals surface area contributed by atoms with Gasteiger partial charge >= 0.3 is 0 Å². The number of ether oxygens (including phenoxy) is 1. The number of halogens is 1. The van der Waals surface area contributed by atoms with Crippen molar-refractivity contribution in [2.45, 2.75) is 20.8 Å². The topological polar surface area (TPSA) is 53.1 Å². The number of rotatable bonds is 2. The maximum atomic E-state index is 5.99. The lowest BCUT2D eigenvalue weighted by Gasteiger charge is -2.12. The lowest BCUT2D eigenvalue weighted by atomic mass is 10.1. The van der Waals surface area contributed by atoms with Crippen molar-refractivity contribution in [3.63, 3.8) is 0 Å². The van der Waals surface area contributed by atoms with Gasteiger partial charge in [0.1, 0.15) is 11.4 Å². The molecule has 4 nitrogen and oxygen atoms in total. The second kappa shape index (κ2) is 4.53. The minimum atomic E-state index is 0.557. The van der Waals surface area contributed by atoms with Crippen LogP contribution in [0.5, 0.6) is 11.6 Å². The third-order valence-electron chi connectivity index (χ3n) is 2.84. The molecule has 0 aliphatic rings. The van der Waals surface area contributed by atoms with E-state index >= 15 is 0 Å². The molecule has 0 atom stereocenters. The molecule has 1 aromatic carbocycles. The van der Waals surface area contributed by atoms with Gasteiger partial charge in [0.05, 0.1) is 5.69 Å². The van der Waals surface area contributed by atoms with Crippen LogP contribution in [0, 0.1) is 20.8 Å². The normalized spacial score (nSPS) is 10.7. The van der Waals surface area contributed by atoms with Gasteiger partial charge in [-0.25, -0.2) is 4.68 Å². The molecule has 96 valence electrons. The van der Waals surface area contributed by atoms with Crippen molar-refractivity contribution in [2.75, 3.05) is 5.73 Å². The van der Waals surface area contributed by atoms with Crippen molar-refractivity contribution in [3.8, 4) is 11.6 Å². The van der Waals surface area contributed by atoms with Gasteiger partial charge < -0.3 is 10.5 Å². The number of nitrogen functional groups attached to an aromatic ring is 1. The van der Waals surface area contributed by atoms with Crippen LogP contribution >= 0.6 is 11.6 Å². The quantitative estimate of drug-likeness (QED) is 0.906. The van der Waals surface area contributed by atoms with Crippen LogP contribution in [-0.2, 0) is 7.05 Å². The van der Waals surface area contributed by atoms with Crippen molar-refractivity contribution < 1.29 is 4.74 Å². The molecule has 2 rings (SSSR count). The van der Waals surface area contributed by atoms with Gasteiger partial charge in [0.15, 0.2) is 0 Å². The first kappa shape index (κ1) is 12.8. The predicted octanol–water partition coefficient (Wildman–Crippen LogP) is 3.37. The van der Waals surface area contributed by atoms with Gasteiger partial charge in [0.25, 0.3) is 0 Å². The zero-order valence-corrected chi connectivity index (χ0v) is 11.7. The highest BCUT2D eigenvalue weighted by Gasteiger charge is 2.15. The molecule has 5 heteroatoms. The largest absolute Gasteiger partial charge is 0.437 e. The Morgan fingerprint density at radius 2 is 1.78 bits per heavy atom. The number of aromatic nitrogens is 2. The zero-order chi connectivity index (χ0) is 13.4. The van der Waals surface area contributed by atoms with Gasteiger partial charge in [-0.1, -0.05) is 11.6 Å². The second-order valence-electron chi connectivity index (χ2n) is 4.40. The van der Waals surface area contributed by atoms with Crippen molar-refractivity contribution in [1.82, 2.24) is 9.78 Å². The summed E-state index contributed by atoms with van der Waals surface area (Å²) < 4.78 is 7.53. The van der Waals surface area contributed by atoms with Crippen LogP contribution in [0.15, 0.2) is 12.1 Å². The maximum absolute atomic E-state index is 5.99. The Kier molecular flexibility index (Phi) is 3.22. The van der Waals surface area contributed by atoms with Crippen LogP contribution in [0.3, 0.4) is 0 Å². The average molecular weight is 266 g/mol. The summed E-state index contributed by atoms with van der Waals surface area (Å²) in [7, 11) is 1.80. The van der Waals surface area contributed by atoms with E-state index in [4.69, 9.17) is 22.1 Å². The highest BCUT2D eigenvalue weighted by Crippen LogP contribution is 2.34. The highest BCUT2D eigenvalue weighted by molar-refractivity contribution is 6.30. The number of hydrogen-bond acceptors (Lipinski definition) is 3. The van der Waals surface area contributed by atoms with Gasteiger partial charge in [-0.2, -0.15) is 5.10 Å². The van der Waals surface area contributed by atoms with E-state index < -0.39 is 0 Å². The van der Waals surface area contributed by atoms with Crippen LogP contribution in [0.4, 0.5) is 5.69 Å². The van der Waals surface area contributed by atoms with Crippen LogP contribution in [0.1, 0.15) is 16.8 Å². The van der Waals surface area contributed by atoms with E-state index in [-0.39, 0.29) is 0 Å². The predicted molar refractivity (Wildman–Crippen MR) is 73.4 cm³/mol. The SMILES string of the molecule is Cc1cc(Cl)cc(C)c1Oc1c(N)c(C)nn1C. The number of benzene rings is 1. The standard InChI is InChI=1S/C13H16ClN3O/c1-7-5-10(14)6-8(2)12(7)18-13-11(15)9(3)16-17(13)4/h5-6H,15H2,1-4H3. The van der Waals surface area contributed by atoms with Gasteiger partial charge in [0, 0.05) is 12.1 Å². The van der Waals surface area contributed by atoms with Crippen molar-refractivity contribution in [2.24, 2.45) is 7.05 Å². The van der Waals surface area contributed by atoms with E-state index in [0.717, 1.165) is 22.6 Å². The summed E-state index contributed by atoms with van der Waals surface area (Å²) in [6, 6.07) is 3.73. The Morgan fingerprint density at radius 1 is 1.22 bits per heavy atom. The lowest BCUT2D eigenvalue weighted by Crippen LogP contribution is -1.99. The number of nitrogens with two attached hydrogens (primary N) is 1. The monoisotopic (exact) mass is 265 g/mol. The third kappa shape index (κ3) is 2.16. The van der Waals surface area contributed by atoms with Gasteiger partial charge in [-0.15, -0.1) is 0 Å². The Morgan fingerprint density at radius 3 is 2.22 bits per heavy atom. The summed E-state index contributed by atoms with van der Waals surface area (Å²) >= 11 is 5.99. The lowest BCUT2D eigenvalue weighted by molar-refractivity contribution is 0.427. The molecule has 18 heavy (non-hydrogen) atoms. The molecule has 0 radical (unpaired) electrons. The second-order valence-corrected chi connectivity index (χ2v) is 4.84. The molecule has 0 bridgehead atoms. The Labute approximate surface area is 111 Å². The van der Waals surface area contributed by atoms with Crippen molar-refractivity contribution >= 4 is 17.3 Å². The van der Waals surface area contributed by atoms with Crippen LogP contribution in [-0.4, -0.2) is 9.78 Å². The molecule has 1 heterocycles. The van der Waals surface area contributed by atoms with Gasteiger partial charge in [-0.05, 0) is 44.0 Å². The molecule has 2 aromatic rings. The van der Waals surface area contributed by atoms with E-state index in [1.807, 2.05) is 32.9 Å². The maximum Gasteiger partial charge on any atom is 0.241 e. The summed E-state index contributed by atoms with van der Waals surface area (Å²) in [6.45, 7) is 5.75. The molecule has 1 aromatic heterocycles. The first-order valence-electron chi connectivity index (χ1n) is 5.64. The number of anilines is 1. The fourth-order valence-corrected chi connectivity index (χ4v) is 2.26. The number of hydrogen-bond donors (Lipinski definition) is 1. The smallest absolute Gasteiger partial charge is 0.241 e. The molecule has 0 saturated heterocycles. The first-order chi connectivity index (χ1) is 8.40. The third-order valence-corrected chi connectivity index (χ3v) is 3.06. The Hall–Kier alpha value is -1.68. The molecule has 0 saturated carbocycles. The van der Waals surface area contributed by atoms with Crippen LogP contribution in [0.2, 0.25) is 5.02 Å². The fraction of sp³-hybridized carbons (Fsp3) is 0.308. The van der Waals surface area contributed by atoms with E-state index in [0.29, 0.717) is 16.6 Å². The summed E-state index contributed by atoms with van der Waals surface area (Å²) in [5.74, 6) is 1.33. The Balaban J connectivity index is 2.46. The minimum Gasteiger partial charge on any atom is -0.437 e. The summed E-state index contributed by atoms with van der Waals surface area (Å²) in [5, 5.41) is 4.92. The molecule has 0 aliphatic heterocycles. The Bertz CT molecular complexity index is 582. The number of nitrogens with zero attached hydrogens (tertiary/aromatic N) is 2. The molecule has 0 aliphatic carbocycles. The molecule has 2 N–H and O–H groups in total. The summed E-state index contributed by atoms with van der Waals surface area (Å²) in [4.78, 5) is 0. The molecule has 0 fully saturated rings. The summed E-state index contributed by atoms with van der Waals surface area (Å²) in [6.07, 6.45) is 0. The fourth-order valence-electron chi connectivity index (χ4n) is 1.93. The average Bonchev–Trinajstić information content (AvgIpc) is 2.48. The van der Waals surface area contributed by atoms with Crippen LogP contribution in [0.25, 0.3) is 0 Å². The zero-order valence-electron chi connectivity index (χ0n) is 10.9. The molecule has 0 amide bonds. The van der Waals surface area contributed by atoms with Crippen molar-refractivity contribution in [1.29, 1.82) is 0 Å². The van der Waals surface area contributed by atoms with E-state index in [2.05, 4.69) is 5.10 Å². The minimum absolute atomic E-state index is 0.557. The highest BCUT2D eigenvalue weighted by atomic mass is 35.5. The molecule has 0 unspecified atom stereocenters. The summed E-state index contributed by atoms with van der Waals surface area (Å²) in [5.41, 5.74) is 9.21. The molecular weight excluding hydrogens is 250 g/mol.